The second-order valence-electron chi connectivity index (χ2n) is 7.93. The van der Waals surface area contributed by atoms with Crippen molar-refractivity contribution in [1.82, 2.24) is 10.2 Å². The van der Waals surface area contributed by atoms with Crippen molar-refractivity contribution in [2.24, 2.45) is 0 Å². The summed E-state index contributed by atoms with van der Waals surface area (Å²) < 4.78 is 16.8. The van der Waals surface area contributed by atoms with Gasteiger partial charge in [-0.3, -0.25) is 0 Å². The molecule has 0 aromatic heterocycles. The monoisotopic (exact) mass is 328 g/mol. The molecule has 6 nitrogen and oxygen atoms in total. The van der Waals surface area contributed by atoms with Gasteiger partial charge in [-0.25, -0.2) is 4.79 Å². The van der Waals surface area contributed by atoms with Crippen LogP contribution in [0.15, 0.2) is 0 Å². The van der Waals surface area contributed by atoms with Gasteiger partial charge in [-0.2, -0.15) is 0 Å². The molecule has 23 heavy (non-hydrogen) atoms. The number of nitrogens with one attached hydrogen (secondary N) is 1. The predicted octanol–water partition coefficient (Wildman–Crippen LogP) is 2.52. The first-order valence-electron chi connectivity index (χ1n) is 8.67. The van der Waals surface area contributed by atoms with Gasteiger partial charge in [-0.15, -0.1) is 0 Å². The molecule has 1 aliphatic heterocycles. The maximum Gasteiger partial charge on any atom is 0.410 e. The molecule has 6 heteroatoms. The number of hydrogen-bond donors (Lipinski definition) is 1. The molecule has 0 radical (unpaired) electrons. The number of nitrogens with zero attached hydrogens (tertiary/aromatic N) is 1. The van der Waals surface area contributed by atoms with E-state index in [9.17, 15) is 4.79 Å². The SMILES string of the molecule is CC(C)(C)OC(=O)N(CCCNC1COC(C)(C)OC1)C1CC1. The van der Waals surface area contributed by atoms with Gasteiger partial charge in [0.1, 0.15) is 5.60 Å². The van der Waals surface area contributed by atoms with Crippen LogP contribution in [0, 0.1) is 0 Å². The predicted molar refractivity (Wildman–Crippen MR) is 88.4 cm³/mol. The summed E-state index contributed by atoms with van der Waals surface area (Å²) in [5.74, 6) is -0.475. The lowest BCUT2D eigenvalue weighted by Crippen LogP contribution is -2.49. The highest BCUT2D eigenvalue weighted by atomic mass is 16.7. The van der Waals surface area contributed by atoms with Crippen LogP contribution < -0.4 is 5.32 Å². The zero-order valence-electron chi connectivity index (χ0n) is 15.2. The molecule has 1 heterocycles. The van der Waals surface area contributed by atoms with Crippen LogP contribution in [-0.4, -0.2) is 60.8 Å². The minimum Gasteiger partial charge on any atom is -0.444 e. The molecule has 2 rings (SSSR count). The molecule has 2 fully saturated rings. The smallest absolute Gasteiger partial charge is 0.410 e. The normalized spacial score (nSPS) is 22.0. The van der Waals surface area contributed by atoms with Crippen LogP contribution in [0.2, 0.25) is 0 Å². The summed E-state index contributed by atoms with van der Waals surface area (Å²) in [7, 11) is 0. The maximum atomic E-state index is 12.3. The topological polar surface area (TPSA) is 60.0 Å². The Morgan fingerprint density at radius 1 is 1.26 bits per heavy atom. The Balaban J connectivity index is 1.66. The van der Waals surface area contributed by atoms with Gasteiger partial charge in [0.15, 0.2) is 5.79 Å². The lowest BCUT2D eigenvalue weighted by Gasteiger charge is -2.35. The third-order valence-corrected chi connectivity index (χ3v) is 3.89. The van der Waals surface area contributed by atoms with Crippen LogP contribution in [0.1, 0.15) is 53.9 Å². The number of rotatable bonds is 6. The molecule has 1 amide bonds. The van der Waals surface area contributed by atoms with E-state index in [1.165, 1.54) is 0 Å². The maximum absolute atomic E-state index is 12.3. The highest BCUT2D eigenvalue weighted by Gasteiger charge is 2.35. The highest BCUT2D eigenvalue weighted by molar-refractivity contribution is 5.69. The van der Waals surface area contributed by atoms with E-state index in [1.807, 2.05) is 39.5 Å². The first-order valence-corrected chi connectivity index (χ1v) is 8.67. The molecular weight excluding hydrogens is 296 g/mol. The minimum absolute atomic E-state index is 0.189. The van der Waals surface area contributed by atoms with Gasteiger partial charge >= 0.3 is 6.09 Å². The summed E-state index contributed by atoms with van der Waals surface area (Å²) in [5.41, 5.74) is -0.438. The van der Waals surface area contributed by atoms with Crippen molar-refractivity contribution in [1.29, 1.82) is 0 Å². The molecule has 0 unspecified atom stereocenters. The van der Waals surface area contributed by atoms with Crippen molar-refractivity contribution in [3.8, 4) is 0 Å². The van der Waals surface area contributed by atoms with E-state index in [4.69, 9.17) is 14.2 Å². The number of carbonyl (C=O) groups is 1. The van der Waals surface area contributed by atoms with Crippen molar-refractivity contribution >= 4 is 6.09 Å². The van der Waals surface area contributed by atoms with Crippen LogP contribution in [0.3, 0.4) is 0 Å². The van der Waals surface area contributed by atoms with Gasteiger partial charge in [0.2, 0.25) is 0 Å². The average Bonchev–Trinajstić information content (AvgIpc) is 3.22. The zero-order valence-corrected chi connectivity index (χ0v) is 15.2. The van der Waals surface area contributed by atoms with Gasteiger partial charge < -0.3 is 24.4 Å². The van der Waals surface area contributed by atoms with Crippen molar-refractivity contribution in [3.63, 3.8) is 0 Å². The Hall–Kier alpha value is -0.850. The quantitative estimate of drug-likeness (QED) is 0.759. The lowest BCUT2D eigenvalue weighted by atomic mass is 10.2. The first-order chi connectivity index (χ1) is 10.7. The summed E-state index contributed by atoms with van der Waals surface area (Å²) in [6.07, 6.45) is 2.89. The Morgan fingerprint density at radius 2 is 1.87 bits per heavy atom. The van der Waals surface area contributed by atoms with Crippen LogP contribution in [0.5, 0.6) is 0 Å². The van der Waals surface area contributed by atoms with Gasteiger partial charge in [0.05, 0.1) is 19.3 Å². The van der Waals surface area contributed by atoms with E-state index in [0.717, 1.165) is 32.4 Å². The molecule has 0 bridgehead atoms. The molecule has 0 aromatic carbocycles. The van der Waals surface area contributed by atoms with Crippen LogP contribution >= 0.6 is 0 Å². The van der Waals surface area contributed by atoms with Gasteiger partial charge in [-0.1, -0.05) is 0 Å². The minimum atomic E-state index is -0.475. The van der Waals surface area contributed by atoms with E-state index in [2.05, 4.69) is 5.32 Å². The fraction of sp³-hybridized carbons (Fsp3) is 0.941. The number of amides is 1. The summed E-state index contributed by atoms with van der Waals surface area (Å²) >= 11 is 0. The summed E-state index contributed by atoms with van der Waals surface area (Å²) in [6, 6.07) is 0.589. The Bertz CT molecular complexity index is 392. The van der Waals surface area contributed by atoms with E-state index < -0.39 is 11.4 Å². The molecule has 1 N–H and O–H groups in total. The summed E-state index contributed by atoms with van der Waals surface area (Å²) in [6.45, 7) is 12.5. The molecule has 134 valence electrons. The molecule has 1 saturated heterocycles. The molecule has 2 aliphatic rings. The lowest BCUT2D eigenvalue weighted by molar-refractivity contribution is -0.252. The van der Waals surface area contributed by atoms with Crippen molar-refractivity contribution in [3.05, 3.63) is 0 Å². The van der Waals surface area contributed by atoms with Crippen LogP contribution in [0.4, 0.5) is 4.79 Å². The molecular formula is C17H32N2O4. The second-order valence-corrected chi connectivity index (χ2v) is 7.93. The molecule has 0 aromatic rings. The van der Waals surface area contributed by atoms with E-state index in [-0.39, 0.29) is 12.1 Å². The van der Waals surface area contributed by atoms with Crippen molar-refractivity contribution < 1.29 is 19.0 Å². The van der Waals surface area contributed by atoms with Crippen molar-refractivity contribution in [2.45, 2.75) is 77.4 Å². The molecule has 0 atom stereocenters. The number of carbonyl (C=O) groups excluding carboxylic acids is 1. The van der Waals surface area contributed by atoms with Gasteiger partial charge in [0.25, 0.3) is 0 Å². The fourth-order valence-electron chi connectivity index (χ4n) is 2.50. The van der Waals surface area contributed by atoms with E-state index in [0.29, 0.717) is 19.3 Å². The van der Waals surface area contributed by atoms with Crippen LogP contribution in [0.25, 0.3) is 0 Å². The summed E-state index contributed by atoms with van der Waals surface area (Å²) in [5, 5.41) is 3.43. The zero-order chi connectivity index (χ0) is 17.1. The van der Waals surface area contributed by atoms with Crippen LogP contribution in [-0.2, 0) is 14.2 Å². The molecule has 1 saturated carbocycles. The van der Waals surface area contributed by atoms with Gasteiger partial charge in [-0.05, 0) is 60.4 Å². The fourth-order valence-corrected chi connectivity index (χ4v) is 2.50. The molecule has 1 aliphatic carbocycles. The number of hydrogen-bond acceptors (Lipinski definition) is 5. The Labute approximate surface area is 139 Å². The third kappa shape index (κ3) is 6.65. The summed E-state index contributed by atoms with van der Waals surface area (Å²) in [4.78, 5) is 14.1. The Morgan fingerprint density at radius 3 is 2.39 bits per heavy atom. The second kappa shape index (κ2) is 7.36. The standard InChI is InChI=1S/C17H32N2O4/c1-16(2,3)23-15(20)19(14-7-8-14)10-6-9-18-13-11-21-17(4,5)22-12-13/h13-14,18H,6-12H2,1-5H3. The van der Waals surface area contributed by atoms with E-state index >= 15 is 0 Å². The number of ether oxygens (including phenoxy) is 3. The average molecular weight is 328 g/mol. The Kier molecular flexibility index (Phi) is 5.92. The van der Waals surface area contributed by atoms with Gasteiger partial charge in [0, 0.05) is 12.6 Å². The van der Waals surface area contributed by atoms with E-state index in [1.54, 1.807) is 0 Å². The first kappa shape index (κ1) is 18.5. The molecule has 0 spiro atoms. The van der Waals surface area contributed by atoms with Crippen molar-refractivity contribution in [2.75, 3.05) is 26.3 Å². The third-order valence-electron chi connectivity index (χ3n) is 3.89. The largest absolute Gasteiger partial charge is 0.444 e. The highest BCUT2D eigenvalue weighted by Crippen LogP contribution is 2.28.